The van der Waals surface area contributed by atoms with Crippen molar-refractivity contribution in [1.82, 2.24) is 4.98 Å². The summed E-state index contributed by atoms with van der Waals surface area (Å²) in [5.74, 6) is 0.561. The molecule has 0 amide bonds. The molecule has 1 heterocycles. The second-order valence-electron chi connectivity index (χ2n) is 2.61. The average Bonchev–Trinajstić information content (AvgIpc) is 2.56. The number of rotatable bonds is 2. The Morgan fingerprint density at radius 2 is 2.13 bits per heavy atom. The van der Waals surface area contributed by atoms with E-state index in [9.17, 15) is 0 Å². The lowest BCUT2D eigenvalue weighted by Gasteiger charge is -2.03. The van der Waals surface area contributed by atoms with Gasteiger partial charge in [-0.05, 0) is 18.2 Å². The van der Waals surface area contributed by atoms with Crippen LogP contribution in [0.1, 0.15) is 0 Å². The third-order valence-electron chi connectivity index (χ3n) is 1.55. The number of hydrogen-bond acceptors (Lipinski definition) is 3. The molecule has 0 fully saturated rings. The smallest absolute Gasteiger partial charge is 0.280 e. The summed E-state index contributed by atoms with van der Waals surface area (Å²) in [7, 11) is 0. The Morgan fingerprint density at radius 3 is 2.73 bits per heavy atom. The summed E-state index contributed by atoms with van der Waals surface area (Å²) >= 11 is 16.3. The maximum absolute atomic E-state index is 5.98. The van der Waals surface area contributed by atoms with Crippen LogP contribution >= 0.6 is 50.5 Å². The quantitative estimate of drug-likeness (QED) is 0.775. The maximum Gasteiger partial charge on any atom is 0.280 e. The number of aromatic nitrogens is 1. The molecule has 2 rings (SSSR count). The SMILES string of the molecule is Clc1csc(Oc2ccc(Br)cc2Cl)n1. The molecule has 0 aliphatic rings. The highest BCUT2D eigenvalue weighted by molar-refractivity contribution is 9.10. The van der Waals surface area contributed by atoms with Crippen molar-refractivity contribution in [2.24, 2.45) is 0 Å². The van der Waals surface area contributed by atoms with E-state index in [4.69, 9.17) is 27.9 Å². The fourth-order valence-corrected chi connectivity index (χ4v) is 2.45. The minimum atomic E-state index is 0.420. The monoisotopic (exact) mass is 323 g/mol. The highest BCUT2D eigenvalue weighted by Crippen LogP contribution is 2.33. The van der Waals surface area contributed by atoms with Crippen molar-refractivity contribution >= 4 is 50.5 Å². The molecule has 0 spiro atoms. The van der Waals surface area contributed by atoms with Crippen LogP contribution in [0, 0.1) is 0 Å². The van der Waals surface area contributed by atoms with E-state index in [1.807, 2.05) is 6.07 Å². The zero-order valence-corrected chi connectivity index (χ0v) is 11.1. The lowest BCUT2D eigenvalue weighted by Crippen LogP contribution is -1.83. The molecule has 0 bridgehead atoms. The van der Waals surface area contributed by atoms with Gasteiger partial charge >= 0.3 is 0 Å². The molecular weight excluding hydrogens is 321 g/mol. The summed E-state index contributed by atoms with van der Waals surface area (Å²) in [5, 5.41) is 3.12. The molecule has 1 aromatic carbocycles. The van der Waals surface area contributed by atoms with Gasteiger partial charge in [-0.25, -0.2) is 0 Å². The minimum Gasteiger partial charge on any atom is -0.429 e. The molecule has 0 saturated heterocycles. The van der Waals surface area contributed by atoms with Gasteiger partial charge in [-0.2, -0.15) is 4.98 Å². The minimum absolute atomic E-state index is 0.420. The molecule has 1 aromatic heterocycles. The van der Waals surface area contributed by atoms with Crippen molar-refractivity contribution < 1.29 is 4.74 Å². The standard InChI is InChI=1S/C9H4BrCl2NOS/c10-5-1-2-7(6(11)3-5)14-9-13-8(12)4-15-9/h1-4H. The summed E-state index contributed by atoms with van der Waals surface area (Å²) in [4.78, 5) is 3.96. The number of hydrogen-bond donors (Lipinski definition) is 0. The maximum atomic E-state index is 5.98. The Labute approximate surface area is 109 Å². The molecule has 0 unspecified atom stereocenters. The molecular formula is C9H4BrCl2NOS. The van der Waals surface area contributed by atoms with Crippen LogP contribution in [0.15, 0.2) is 28.1 Å². The van der Waals surface area contributed by atoms with Crippen LogP contribution in [-0.4, -0.2) is 4.98 Å². The van der Waals surface area contributed by atoms with Crippen molar-refractivity contribution in [2.45, 2.75) is 0 Å². The first-order valence-electron chi connectivity index (χ1n) is 3.89. The Hall–Kier alpha value is -0.290. The molecule has 0 atom stereocenters. The second kappa shape index (κ2) is 4.70. The van der Waals surface area contributed by atoms with Gasteiger partial charge in [-0.1, -0.05) is 50.5 Å². The van der Waals surface area contributed by atoms with Gasteiger partial charge in [0.1, 0.15) is 10.9 Å². The molecule has 2 nitrogen and oxygen atoms in total. The van der Waals surface area contributed by atoms with Gasteiger partial charge < -0.3 is 4.74 Å². The number of halogens is 3. The summed E-state index contributed by atoms with van der Waals surface area (Å²) in [6.07, 6.45) is 0. The number of ether oxygens (including phenoxy) is 1. The van der Waals surface area contributed by atoms with Gasteiger partial charge in [0.25, 0.3) is 5.19 Å². The number of nitrogens with zero attached hydrogens (tertiary/aromatic N) is 1. The van der Waals surface area contributed by atoms with Crippen molar-refractivity contribution in [3.8, 4) is 10.9 Å². The molecule has 0 radical (unpaired) electrons. The Morgan fingerprint density at radius 1 is 1.33 bits per heavy atom. The normalized spacial score (nSPS) is 10.3. The van der Waals surface area contributed by atoms with Crippen LogP contribution < -0.4 is 4.74 Å². The van der Waals surface area contributed by atoms with E-state index in [1.54, 1.807) is 17.5 Å². The summed E-state index contributed by atoms with van der Waals surface area (Å²) in [5.41, 5.74) is 0. The topological polar surface area (TPSA) is 22.1 Å². The van der Waals surface area contributed by atoms with Crippen LogP contribution in [0.3, 0.4) is 0 Å². The Kier molecular flexibility index (Phi) is 3.51. The van der Waals surface area contributed by atoms with Gasteiger partial charge in [0.15, 0.2) is 0 Å². The first kappa shape index (κ1) is 11.2. The van der Waals surface area contributed by atoms with Crippen molar-refractivity contribution in [1.29, 1.82) is 0 Å². The van der Waals surface area contributed by atoms with E-state index in [1.165, 1.54) is 11.3 Å². The number of benzene rings is 1. The van der Waals surface area contributed by atoms with Gasteiger partial charge in [0.2, 0.25) is 0 Å². The van der Waals surface area contributed by atoms with E-state index >= 15 is 0 Å². The third-order valence-corrected chi connectivity index (χ3v) is 3.38. The highest BCUT2D eigenvalue weighted by Gasteiger charge is 2.06. The summed E-state index contributed by atoms with van der Waals surface area (Å²) in [6.45, 7) is 0. The first-order chi connectivity index (χ1) is 7.15. The lowest BCUT2D eigenvalue weighted by molar-refractivity contribution is 0.479. The predicted molar refractivity (Wildman–Crippen MR) is 66.4 cm³/mol. The molecule has 0 aliphatic heterocycles. The van der Waals surface area contributed by atoms with E-state index in [0.29, 0.717) is 21.1 Å². The van der Waals surface area contributed by atoms with Crippen LogP contribution in [-0.2, 0) is 0 Å². The molecule has 2 aromatic rings. The van der Waals surface area contributed by atoms with E-state index in [-0.39, 0.29) is 0 Å². The van der Waals surface area contributed by atoms with Gasteiger partial charge in [0, 0.05) is 9.85 Å². The zero-order chi connectivity index (χ0) is 10.8. The van der Waals surface area contributed by atoms with Gasteiger partial charge in [0.05, 0.1) is 5.02 Å². The van der Waals surface area contributed by atoms with Crippen molar-refractivity contribution in [2.75, 3.05) is 0 Å². The molecule has 0 N–H and O–H groups in total. The van der Waals surface area contributed by atoms with Gasteiger partial charge in [-0.15, -0.1) is 0 Å². The highest BCUT2D eigenvalue weighted by atomic mass is 79.9. The summed E-state index contributed by atoms with van der Waals surface area (Å²) < 4.78 is 6.36. The van der Waals surface area contributed by atoms with E-state index in [0.717, 1.165) is 4.47 Å². The molecule has 0 saturated carbocycles. The van der Waals surface area contributed by atoms with Crippen molar-refractivity contribution in [3.05, 3.63) is 38.2 Å². The fourth-order valence-electron chi connectivity index (χ4n) is 0.938. The van der Waals surface area contributed by atoms with Crippen LogP contribution in [0.5, 0.6) is 10.9 Å². The van der Waals surface area contributed by atoms with Crippen LogP contribution in [0.2, 0.25) is 10.2 Å². The largest absolute Gasteiger partial charge is 0.429 e. The van der Waals surface area contributed by atoms with Gasteiger partial charge in [-0.3, -0.25) is 0 Å². The molecule has 0 aliphatic carbocycles. The predicted octanol–water partition coefficient (Wildman–Crippen LogP) is 5.00. The number of thiazole rings is 1. The molecule has 78 valence electrons. The van der Waals surface area contributed by atoms with Crippen molar-refractivity contribution in [3.63, 3.8) is 0 Å². The second-order valence-corrected chi connectivity index (χ2v) is 5.14. The van der Waals surface area contributed by atoms with Crippen LogP contribution in [0.4, 0.5) is 0 Å². The lowest BCUT2D eigenvalue weighted by atomic mass is 10.3. The summed E-state index contributed by atoms with van der Waals surface area (Å²) in [6, 6.07) is 5.37. The molecule has 6 heteroatoms. The van der Waals surface area contributed by atoms with E-state index < -0.39 is 0 Å². The molecule has 15 heavy (non-hydrogen) atoms. The fraction of sp³-hybridized carbons (Fsp3) is 0. The Balaban J connectivity index is 2.24. The van der Waals surface area contributed by atoms with Crippen LogP contribution in [0.25, 0.3) is 0 Å². The Bertz CT molecular complexity index is 489. The zero-order valence-electron chi connectivity index (χ0n) is 7.21. The average molecular weight is 325 g/mol. The van der Waals surface area contributed by atoms with E-state index in [2.05, 4.69) is 20.9 Å². The third kappa shape index (κ3) is 2.84. The first-order valence-corrected chi connectivity index (χ1v) is 6.32.